The second kappa shape index (κ2) is 11.4. The van der Waals surface area contributed by atoms with Crippen molar-refractivity contribution >= 4 is 62.5 Å². The molecule has 184 valence electrons. The lowest BCUT2D eigenvalue weighted by Crippen LogP contribution is -2.21. The quantitative estimate of drug-likeness (QED) is 0.322. The van der Waals surface area contributed by atoms with Crippen LogP contribution in [0, 0.1) is 0 Å². The molecule has 0 unspecified atom stereocenters. The highest BCUT2D eigenvalue weighted by molar-refractivity contribution is 9.10. The van der Waals surface area contributed by atoms with Crippen molar-refractivity contribution < 1.29 is 19.1 Å². The highest BCUT2D eigenvalue weighted by Crippen LogP contribution is 2.36. The molecule has 9 heteroatoms. The summed E-state index contributed by atoms with van der Waals surface area (Å²) in [6.45, 7) is 3.81. The number of rotatable bonds is 8. The van der Waals surface area contributed by atoms with E-state index in [-0.39, 0.29) is 18.4 Å². The van der Waals surface area contributed by atoms with E-state index in [9.17, 15) is 9.59 Å². The number of nitrogens with one attached hydrogen (secondary N) is 1. The minimum atomic E-state index is -0.297. The van der Waals surface area contributed by atoms with Gasteiger partial charge < -0.3 is 14.8 Å². The predicted molar refractivity (Wildman–Crippen MR) is 146 cm³/mol. The van der Waals surface area contributed by atoms with Gasteiger partial charge in [-0.25, -0.2) is 0 Å². The molecule has 1 heterocycles. The Hall–Kier alpha value is -3.62. The van der Waals surface area contributed by atoms with E-state index in [0.717, 1.165) is 0 Å². The third kappa shape index (κ3) is 5.78. The maximum absolute atomic E-state index is 13.2. The second-order valence-electron chi connectivity index (χ2n) is 7.77. The van der Waals surface area contributed by atoms with Gasteiger partial charge in [-0.3, -0.25) is 9.59 Å². The largest absolute Gasteiger partial charge is 0.490 e. The molecule has 3 aromatic rings. The molecule has 4 rings (SSSR count). The number of anilines is 2. The van der Waals surface area contributed by atoms with E-state index >= 15 is 0 Å². The Kier molecular flexibility index (Phi) is 8.07. The number of carbonyl (C=O) groups excluding carboxylic acids is 2. The van der Waals surface area contributed by atoms with Crippen molar-refractivity contribution in [1.29, 1.82) is 0 Å². The van der Waals surface area contributed by atoms with Gasteiger partial charge >= 0.3 is 0 Å². The van der Waals surface area contributed by atoms with Crippen molar-refractivity contribution in [2.24, 2.45) is 5.10 Å². The van der Waals surface area contributed by atoms with Gasteiger partial charge in [0.2, 0.25) is 0 Å². The van der Waals surface area contributed by atoms with Gasteiger partial charge in [0.1, 0.15) is 0 Å². The number of hydrogen-bond acceptors (Lipinski definition) is 5. The van der Waals surface area contributed by atoms with Gasteiger partial charge in [0.15, 0.2) is 18.1 Å². The highest BCUT2D eigenvalue weighted by Gasteiger charge is 2.30. The molecule has 0 spiro atoms. The van der Waals surface area contributed by atoms with Crippen LogP contribution >= 0.6 is 27.5 Å². The number of hydrazone groups is 1. The Bertz CT molecular complexity index is 1360. The van der Waals surface area contributed by atoms with Gasteiger partial charge in [-0.2, -0.15) is 10.1 Å². The third-order valence-corrected chi connectivity index (χ3v) is 6.23. The zero-order valence-corrected chi connectivity index (χ0v) is 22.0. The number of para-hydroxylation sites is 2. The molecule has 0 atom stereocenters. The summed E-state index contributed by atoms with van der Waals surface area (Å²) in [6, 6.07) is 19.6. The standard InChI is InChI=1S/C27H23BrClN3O4/c1-3-35-24-14-18(13-20-17(2)31-32(27(20)34)23-12-8-7-11-22(23)29)21(28)15-25(24)36-16-26(33)30-19-9-5-4-6-10-19/h4-15H,3,16H2,1-2H3,(H,30,33)/b20-13-. The molecular weight excluding hydrogens is 546 g/mol. The Balaban J connectivity index is 1.55. The number of carbonyl (C=O) groups is 2. The van der Waals surface area contributed by atoms with Crippen LogP contribution < -0.4 is 19.8 Å². The van der Waals surface area contributed by atoms with Gasteiger partial charge in [0.25, 0.3) is 11.8 Å². The molecule has 0 aromatic heterocycles. The summed E-state index contributed by atoms with van der Waals surface area (Å²) in [7, 11) is 0. The fourth-order valence-electron chi connectivity index (χ4n) is 3.53. The second-order valence-corrected chi connectivity index (χ2v) is 9.03. The van der Waals surface area contributed by atoms with Crippen molar-refractivity contribution in [1.82, 2.24) is 0 Å². The Morgan fingerprint density at radius 3 is 2.50 bits per heavy atom. The fourth-order valence-corrected chi connectivity index (χ4v) is 4.18. The summed E-state index contributed by atoms with van der Waals surface area (Å²) in [5, 5.41) is 8.90. The van der Waals surface area contributed by atoms with Crippen molar-refractivity contribution in [3.63, 3.8) is 0 Å². The van der Waals surface area contributed by atoms with Crippen LogP contribution in [0.2, 0.25) is 5.02 Å². The maximum Gasteiger partial charge on any atom is 0.280 e. The number of nitrogens with zero attached hydrogens (tertiary/aromatic N) is 2. The Morgan fingerprint density at radius 1 is 1.08 bits per heavy atom. The number of hydrogen-bond donors (Lipinski definition) is 1. The lowest BCUT2D eigenvalue weighted by atomic mass is 10.1. The normalized spacial score (nSPS) is 14.1. The maximum atomic E-state index is 13.2. The molecule has 1 N–H and O–H groups in total. The van der Waals surface area contributed by atoms with E-state index in [0.29, 0.717) is 55.8 Å². The molecule has 0 radical (unpaired) electrons. The first-order valence-electron chi connectivity index (χ1n) is 11.2. The van der Waals surface area contributed by atoms with Crippen LogP contribution in [0.25, 0.3) is 6.08 Å². The van der Waals surface area contributed by atoms with E-state index < -0.39 is 0 Å². The summed E-state index contributed by atoms with van der Waals surface area (Å²) in [4.78, 5) is 25.5. The van der Waals surface area contributed by atoms with Gasteiger partial charge in [-0.1, -0.05) is 57.9 Å². The Morgan fingerprint density at radius 2 is 1.78 bits per heavy atom. The molecular formula is C27H23BrClN3O4. The van der Waals surface area contributed by atoms with Crippen LogP contribution in [0.4, 0.5) is 11.4 Å². The number of benzene rings is 3. The van der Waals surface area contributed by atoms with E-state index in [1.54, 1.807) is 61.5 Å². The van der Waals surface area contributed by atoms with E-state index in [2.05, 4.69) is 26.3 Å². The topological polar surface area (TPSA) is 80.2 Å². The molecule has 7 nitrogen and oxygen atoms in total. The lowest BCUT2D eigenvalue weighted by Gasteiger charge is -2.15. The average molecular weight is 569 g/mol. The summed E-state index contributed by atoms with van der Waals surface area (Å²) in [5.41, 5.74) is 2.87. The smallest absolute Gasteiger partial charge is 0.280 e. The molecule has 1 aliphatic rings. The molecule has 0 saturated carbocycles. The first-order chi connectivity index (χ1) is 17.4. The summed E-state index contributed by atoms with van der Waals surface area (Å²) in [6.07, 6.45) is 1.73. The SMILES string of the molecule is CCOc1cc(/C=C2\C(=O)N(c3ccccc3Cl)N=C2C)c(Br)cc1OCC(=O)Nc1ccccc1. The van der Waals surface area contributed by atoms with E-state index in [1.165, 1.54) is 5.01 Å². The molecule has 0 bridgehead atoms. The van der Waals surface area contributed by atoms with E-state index in [1.807, 2.05) is 25.1 Å². The van der Waals surface area contributed by atoms with Crippen molar-refractivity contribution in [2.45, 2.75) is 13.8 Å². The van der Waals surface area contributed by atoms with Crippen LogP contribution in [0.15, 0.2) is 81.9 Å². The number of amides is 2. The van der Waals surface area contributed by atoms with Crippen LogP contribution in [0.1, 0.15) is 19.4 Å². The summed E-state index contributed by atoms with van der Waals surface area (Å²) < 4.78 is 12.2. The number of halogens is 2. The predicted octanol–water partition coefficient (Wildman–Crippen LogP) is 6.32. The summed E-state index contributed by atoms with van der Waals surface area (Å²) in [5.74, 6) is 0.260. The first-order valence-corrected chi connectivity index (χ1v) is 12.3. The monoisotopic (exact) mass is 567 g/mol. The third-order valence-electron chi connectivity index (χ3n) is 5.22. The van der Waals surface area contributed by atoms with E-state index in [4.69, 9.17) is 21.1 Å². The minimum absolute atomic E-state index is 0.196. The first kappa shape index (κ1) is 25.5. The molecule has 1 aliphatic heterocycles. The zero-order valence-electron chi connectivity index (χ0n) is 19.6. The average Bonchev–Trinajstić information content (AvgIpc) is 3.14. The highest BCUT2D eigenvalue weighted by atomic mass is 79.9. The molecule has 0 fully saturated rings. The van der Waals surface area contributed by atoms with Crippen molar-refractivity contribution in [2.75, 3.05) is 23.5 Å². The van der Waals surface area contributed by atoms with Crippen LogP contribution in [-0.4, -0.2) is 30.7 Å². The summed E-state index contributed by atoms with van der Waals surface area (Å²) >= 11 is 9.82. The van der Waals surface area contributed by atoms with Crippen molar-refractivity contribution in [3.8, 4) is 11.5 Å². The van der Waals surface area contributed by atoms with Crippen LogP contribution in [-0.2, 0) is 9.59 Å². The minimum Gasteiger partial charge on any atom is -0.490 e. The number of ether oxygens (including phenoxy) is 2. The molecule has 36 heavy (non-hydrogen) atoms. The molecule has 0 aliphatic carbocycles. The van der Waals surface area contributed by atoms with Crippen molar-refractivity contribution in [3.05, 3.63) is 87.4 Å². The van der Waals surface area contributed by atoms with Crippen LogP contribution in [0.3, 0.4) is 0 Å². The molecule has 2 amide bonds. The Labute approximate surface area is 222 Å². The van der Waals surface area contributed by atoms with Gasteiger partial charge in [-0.05, 0) is 61.9 Å². The fraction of sp³-hybridized carbons (Fsp3) is 0.148. The molecule has 0 saturated heterocycles. The molecule has 3 aromatic carbocycles. The van der Waals surface area contributed by atoms with Crippen LogP contribution in [0.5, 0.6) is 11.5 Å². The zero-order chi connectivity index (χ0) is 25.7. The van der Waals surface area contributed by atoms with Gasteiger partial charge in [0.05, 0.1) is 28.6 Å². The lowest BCUT2D eigenvalue weighted by molar-refractivity contribution is -0.118. The van der Waals surface area contributed by atoms with Gasteiger partial charge in [-0.15, -0.1) is 0 Å². The van der Waals surface area contributed by atoms with Gasteiger partial charge in [0, 0.05) is 10.2 Å².